The lowest BCUT2D eigenvalue weighted by molar-refractivity contribution is -0.138. The first-order chi connectivity index (χ1) is 6.74. The van der Waals surface area contributed by atoms with E-state index in [0.717, 1.165) is 25.9 Å². The summed E-state index contributed by atoms with van der Waals surface area (Å²) in [4.78, 5) is 2.18. The van der Waals surface area contributed by atoms with E-state index in [-0.39, 0.29) is 12.6 Å². The predicted octanol–water partition coefficient (Wildman–Crippen LogP) is 2.74. The third-order valence-electron chi connectivity index (χ3n) is 2.32. The van der Waals surface area contributed by atoms with Gasteiger partial charge in [0, 0.05) is 6.04 Å². The van der Waals surface area contributed by atoms with Crippen LogP contribution in [0.3, 0.4) is 0 Å². The van der Waals surface area contributed by atoms with Gasteiger partial charge in [-0.3, -0.25) is 4.90 Å². The number of halogens is 2. The summed E-state index contributed by atoms with van der Waals surface area (Å²) in [6, 6.07) is 0.212. The summed E-state index contributed by atoms with van der Waals surface area (Å²) in [7, 11) is 0. The second-order valence-corrected chi connectivity index (χ2v) is 3.02. The molecule has 1 heterocycles. The molecular formula is C10H21F2NO. The maximum atomic E-state index is 11.7. The summed E-state index contributed by atoms with van der Waals surface area (Å²) in [5.74, 6) is 0. The molecule has 0 N–H and O–H groups in total. The molecule has 0 amide bonds. The second kappa shape index (κ2) is 8.12. The number of likely N-dealkylation sites (N-methyl/N-ethyl adjacent to an activating group) is 1. The number of ether oxygens (including phenoxy) is 1. The molecule has 0 aromatic heterocycles. The van der Waals surface area contributed by atoms with Crippen LogP contribution in [0.15, 0.2) is 0 Å². The van der Waals surface area contributed by atoms with E-state index in [9.17, 15) is 8.78 Å². The van der Waals surface area contributed by atoms with Crippen molar-refractivity contribution in [2.24, 2.45) is 0 Å². The Balaban J connectivity index is 0.000000791. The molecule has 1 aliphatic rings. The van der Waals surface area contributed by atoms with E-state index in [4.69, 9.17) is 0 Å². The summed E-state index contributed by atoms with van der Waals surface area (Å²) < 4.78 is 27.6. The van der Waals surface area contributed by atoms with Crippen LogP contribution in [0, 0.1) is 0 Å². The van der Waals surface area contributed by atoms with Crippen molar-refractivity contribution < 1.29 is 13.5 Å². The molecule has 1 aliphatic heterocycles. The zero-order chi connectivity index (χ0) is 11.0. The van der Waals surface area contributed by atoms with Crippen LogP contribution in [0.5, 0.6) is 0 Å². The van der Waals surface area contributed by atoms with Crippen LogP contribution >= 0.6 is 0 Å². The van der Waals surface area contributed by atoms with Crippen molar-refractivity contribution in [2.45, 2.75) is 46.3 Å². The van der Waals surface area contributed by atoms with Crippen LogP contribution in [0.25, 0.3) is 0 Å². The van der Waals surface area contributed by atoms with Crippen LogP contribution in [-0.4, -0.2) is 37.2 Å². The molecule has 1 saturated heterocycles. The number of likely N-dealkylation sites (tertiary alicyclic amines) is 1. The van der Waals surface area contributed by atoms with Gasteiger partial charge < -0.3 is 4.74 Å². The van der Waals surface area contributed by atoms with Crippen LogP contribution in [-0.2, 0) is 4.74 Å². The molecule has 14 heavy (non-hydrogen) atoms. The van der Waals surface area contributed by atoms with E-state index in [2.05, 4.69) is 9.64 Å². The minimum atomic E-state index is -2.62. The Labute approximate surface area is 85.2 Å². The van der Waals surface area contributed by atoms with Crippen molar-refractivity contribution >= 4 is 0 Å². The smallest absolute Gasteiger partial charge is 0.321 e. The topological polar surface area (TPSA) is 12.5 Å². The molecule has 0 aromatic carbocycles. The first-order valence-electron chi connectivity index (χ1n) is 5.38. The Bertz CT molecular complexity index is 133. The second-order valence-electron chi connectivity index (χ2n) is 3.02. The van der Waals surface area contributed by atoms with E-state index < -0.39 is 6.61 Å². The molecule has 0 spiro atoms. The Morgan fingerprint density at radius 1 is 1.43 bits per heavy atom. The van der Waals surface area contributed by atoms with Crippen molar-refractivity contribution in [3.8, 4) is 0 Å². The van der Waals surface area contributed by atoms with Gasteiger partial charge in [-0.25, -0.2) is 0 Å². The molecule has 2 nitrogen and oxygen atoms in total. The molecule has 1 fully saturated rings. The lowest BCUT2D eigenvalue weighted by atomic mass is 10.2. The van der Waals surface area contributed by atoms with Gasteiger partial charge in [0.2, 0.25) is 0 Å². The average molecular weight is 209 g/mol. The fraction of sp³-hybridized carbons (Fsp3) is 1.00. The van der Waals surface area contributed by atoms with Gasteiger partial charge in [0.15, 0.2) is 0 Å². The predicted molar refractivity (Wildman–Crippen MR) is 53.6 cm³/mol. The molecule has 4 heteroatoms. The van der Waals surface area contributed by atoms with Crippen molar-refractivity contribution in [3.05, 3.63) is 0 Å². The molecule has 1 rings (SSSR count). The summed E-state index contributed by atoms with van der Waals surface area (Å²) in [5, 5.41) is 0. The highest BCUT2D eigenvalue weighted by Crippen LogP contribution is 2.17. The standard InChI is InChI=1S/C8H15F2NO.C2H6/c1-2-11-5-3-4-7(11)6-12-8(9)10;1-2/h7-8H,2-6H2,1H3;1-2H3. The molecule has 0 aliphatic carbocycles. The number of hydrogen-bond acceptors (Lipinski definition) is 2. The Morgan fingerprint density at radius 2 is 2.07 bits per heavy atom. The summed E-state index contributed by atoms with van der Waals surface area (Å²) in [5.41, 5.74) is 0. The zero-order valence-corrected chi connectivity index (χ0v) is 9.30. The number of hydrogen-bond donors (Lipinski definition) is 0. The van der Waals surface area contributed by atoms with Gasteiger partial charge in [-0.05, 0) is 25.9 Å². The van der Waals surface area contributed by atoms with E-state index >= 15 is 0 Å². The van der Waals surface area contributed by atoms with Crippen molar-refractivity contribution in [2.75, 3.05) is 19.7 Å². The highest BCUT2D eigenvalue weighted by Gasteiger charge is 2.23. The molecule has 1 unspecified atom stereocenters. The fourth-order valence-electron chi connectivity index (χ4n) is 1.68. The van der Waals surface area contributed by atoms with Gasteiger partial charge in [0.1, 0.15) is 0 Å². The van der Waals surface area contributed by atoms with Crippen molar-refractivity contribution in [1.29, 1.82) is 0 Å². The zero-order valence-electron chi connectivity index (χ0n) is 9.30. The van der Waals surface area contributed by atoms with Gasteiger partial charge in [0.05, 0.1) is 6.61 Å². The van der Waals surface area contributed by atoms with Crippen LogP contribution < -0.4 is 0 Å². The van der Waals surface area contributed by atoms with E-state index in [0.29, 0.717) is 0 Å². The lowest BCUT2D eigenvalue weighted by Crippen LogP contribution is -2.33. The number of nitrogens with zero attached hydrogens (tertiary/aromatic N) is 1. The molecule has 86 valence electrons. The first kappa shape index (κ1) is 13.8. The number of rotatable bonds is 4. The van der Waals surface area contributed by atoms with Crippen LogP contribution in [0.4, 0.5) is 8.78 Å². The minimum Gasteiger partial charge on any atom is -0.321 e. The average Bonchev–Trinajstić information content (AvgIpc) is 2.65. The molecule has 0 bridgehead atoms. The van der Waals surface area contributed by atoms with Crippen LogP contribution in [0.2, 0.25) is 0 Å². The Morgan fingerprint density at radius 3 is 2.57 bits per heavy atom. The summed E-state index contributed by atoms with van der Waals surface area (Å²) in [6.45, 7) is 5.54. The summed E-state index contributed by atoms with van der Waals surface area (Å²) in [6.07, 6.45) is 2.09. The minimum absolute atomic E-state index is 0.172. The lowest BCUT2D eigenvalue weighted by Gasteiger charge is -2.21. The molecule has 0 aromatic rings. The third-order valence-corrected chi connectivity index (χ3v) is 2.32. The highest BCUT2D eigenvalue weighted by atomic mass is 19.3. The van der Waals surface area contributed by atoms with E-state index in [1.165, 1.54) is 0 Å². The maximum absolute atomic E-state index is 11.7. The molecule has 1 atom stereocenters. The van der Waals surface area contributed by atoms with Gasteiger partial charge in [0.25, 0.3) is 0 Å². The molecular weight excluding hydrogens is 188 g/mol. The normalized spacial score (nSPS) is 22.3. The van der Waals surface area contributed by atoms with Crippen molar-refractivity contribution in [3.63, 3.8) is 0 Å². The van der Waals surface area contributed by atoms with Crippen LogP contribution in [0.1, 0.15) is 33.6 Å². The largest absolute Gasteiger partial charge is 0.345 e. The third kappa shape index (κ3) is 4.86. The van der Waals surface area contributed by atoms with Gasteiger partial charge in [-0.2, -0.15) is 8.78 Å². The fourth-order valence-corrected chi connectivity index (χ4v) is 1.68. The quantitative estimate of drug-likeness (QED) is 0.706. The Hall–Kier alpha value is -0.220. The SMILES string of the molecule is CC.CCN1CCCC1COC(F)F. The Kier molecular flexibility index (Phi) is 7.99. The number of alkyl halides is 2. The monoisotopic (exact) mass is 209 g/mol. The van der Waals surface area contributed by atoms with Crippen molar-refractivity contribution in [1.82, 2.24) is 4.90 Å². The highest BCUT2D eigenvalue weighted by molar-refractivity contribution is 4.77. The van der Waals surface area contributed by atoms with Gasteiger partial charge >= 0.3 is 6.61 Å². The van der Waals surface area contributed by atoms with E-state index in [1.807, 2.05) is 20.8 Å². The van der Waals surface area contributed by atoms with E-state index in [1.54, 1.807) is 0 Å². The summed E-state index contributed by atoms with van der Waals surface area (Å²) >= 11 is 0. The van der Waals surface area contributed by atoms with Gasteiger partial charge in [-0.1, -0.05) is 20.8 Å². The first-order valence-corrected chi connectivity index (χ1v) is 5.38. The van der Waals surface area contributed by atoms with Gasteiger partial charge in [-0.15, -0.1) is 0 Å². The maximum Gasteiger partial charge on any atom is 0.345 e. The molecule has 0 radical (unpaired) electrons. The molecule has 0 saturated carbocycles.